The fraction of sp³-hybridized carbons (Fsp3) is 0.429. The molecule has 1 rings (SSSR count). The quantitative estimate of drug-likeness (QED) is 0.758. The highest BCUT2D eigenvalue weighted by Gasteiger charge is 2.08. The number of carbonyl (C=O) groups excluding carboxylic acids is 1. The van der Waals surface area contributed by atoms with E-state index in [1.165, 1.54) is 6.20 Å². The van der Waals surface area contributed by atoms with Gasteiger partial charge in [0, 0.05) is 17.6 Å². The second-order valence-electron chi connectivity index (χ2n) is 2.35. The number of amides is 1. The summed E-state index contributed by atoms with van der Waals surface area (Å²) in [7, 11) is 0. The maximum atomic E-state index is 11.3. The van der Waals surface area contributed by atoms with Crippen LogP contribution in [-0.2, 0) is 0 Å². The van der Waals surface area contributed by atoms with Gasteiger partial charge in [0.1, 0.15) is 0 Å². The number of H-pyrrole nitrogens is 1. The molecule has 2 N–H and O–H groups in total. The lowest BCUT2D eigenvalue weighted by Gasteiger charge is -1.99. The average molecular weight is 232 g/mol. The molecule has 0 aliphatic heterocycles. The third kappa shape index (κ3) is 2.07. The van der Waals surface area contributed by atoms with Crippen molar-refractivity contribution in [2.75, 3.05) is 11.9 Å². The number of alkyl halides is 1. The van der Waals surface area contributed by atoms with Gasteiger partial charge < -0.3 is 5.32 Å². The Morgan fingerprint density at radius 1 is 1.83 bits per heavy atom. The molecule has 0 bridgehead atoms. The van der Waals surface area contributed by atoms with Gasteiger partial charge in [0.15, 0.2) is 0 Å². The van der Waals surface area contributed by atoms with Crippen LogP contribution in [0.25, 0.3) is 0 Å². The molecule has 5 heteroatoms. The SMILES string of the molecule is Cc1[nH]ncc1C(=O)NCCBr. The van der Waals surface area contributed by atoms with Crippen molar-refractivity contribution in [1.29, 1.82) is 0 Å². The molecule has 0 spiro atoms. The first-order chi connectivity index (χ1) is 5.75. The molecule has 0 atom stereocenters. The number of aryl methyl sites for hydroxylation is 1. The summed E-state index contributed by atoms with van der Waals surface area (Å²) < 4.78 is 0. The van der Waals surface area contributed by atoms with Crippen molar-refractivity contribution < 1.29 is 4.79 Å². The molecule has 0 unspecified atom stereocenters. The molecule has 0 saturated heterocycles. The van der Waals surface area contributed by atoms with Crippen molar-refractivity contribution in [3.63, 3.8) is 0 Å². The Labute approximate surface area is 78.9 Å². The van der Waals surface area contributed by atoms with E-state index in [2.05, 4.69) is 31.4 Å². The summed E-state index contributed by atoms with van der Waals surface area (Å²) in [4.78, 5) is 11.3. The lowest BCUT2D eigenvalue weighted by molar-refractivity contribution is 0.0956. The zero-order valence-electron chi connectivity index (χ0n) is 6.72. The lowest BCUT2D eigenvalue weighted by atomic mass is 10.2. The van der Waals surface area contributed by atoms with Crippen LogP contribution in [0, 0.1) is 6.92 Å². The van der Waals surface area contributed by atoms with E-state index < -0.39 is 0 Å². The fourth-order valence-corrected chi connectivity index (χ4v) is 1.03. The Morgan fingerprint density at radius 2 is 2.58 bits per heavy atom. The van der Waals surface area contributed by atoms with Crippen LogP contribution in [0.4, 0.5) is 0 Å². The first kappa shape index (κ1) is 9.25. The first-order valence-electron chi connectivity index (χ1n) is 3.60. The smallest absolute Gasteiger partial charge is 0.254 e. The molecular weight excluding hydrogens is 222 g/mol. The number of nitrogens with zero attached hydrogens (tertiary/aromatic N) is 1. The molecule has 12 heavy (non-hydrogen) atoms. The summed E-state index contributed by atoms with van der Waals surface area (Å²) in [6.07, 6.45) is 1.53. The molecule has 4 nitrogen and oxygen atoms in total. The summed E-state index contributed by atoms with van der Waals surface area (Å²) in [6.45, 7) is 2.44. The van der Waals surface area contributed by atoms with E-state index in [0.717, 1.165) is 11.0 Å². The monoisotopic (exact) mass is 231 g/mol. The summed E-state index contributed by atoms with van der Waals surface area (Å²) in [5, 5.41) is 9.95. The standard InChI is InChI=1S/C7H10BrN3O/c1-5-6(4-10-11-5)7(12)9-3-2-8/h4H,2-3H2,1H3,(H,9,12)(H,10,11). The van der Waals surface area contributed by atoms with E-state index >= 15 is 0 Å². The minimum Gasteiger partial charge on any atom is -0.351 e. The van der Waals surface area contributed by atoms with Crippen LogP contribution in [0.15, 0.2) is 6.20 Å². The van der Waals surface area contributed by atoms with Crippen molar-refractivity contribution in [2.24, 2.45) is 0 Å². The summed E-state index contributed by atoms with van der Waals surface area (Å²) in [6, 6.07) is 0. The van der Waals surface area contributed by atoms with E-state index in [1.807, 2.05) is 6.92 Å². The third-order valence-electron chi connectivity index (χ3n) is 1.45. The van der Waals surface area contributed by atoms with Gasteiger partial charge in [0.25, 0.3) is 5.91 Å². The molecule has 0 saturated carbocycles. The van der Waals surface area contributed by atoms with Crippen LogP contribution >= 0.6 is 15.9 Å². The third-order valence-corrected chi connectivity index (χ3v) is 1.85. The minimum absolute atomic E-state index is 0.0827. The molecule has 0 radical (unpaired) electrons. The van der Waals surface area contributed by atoms with Gasteiger partial charge in [-0.15, -0.1) is 0 Å². The largest absolute Gasteiger partial charge is 0.351 e. The van der Waals surface area contributed by atoms with Crippen LogP contribution in [0.3, 0.4) is 0 Å². The Hall–Kier alpha value is -0.840. The molecule has 66 valence electrons. The highest BCUT2D eigenvalue weighted by atomic mass is 79.9. The van der Waals surface area contributed by atoms with Crippen molar-refractivity contribution in [3.05, 3.63) is 17.5 Å². The number of nitrogens with one attached hydrogen (secondary N) is 2. The number of aromatic amines is 1. The zero-order valence-corrected chi connectivity index (χ0v) is 8.31. The molecule has 1 heterocycles. The number of halogens is 1. The molecule has 0 fully saturated rings. The van der Waals surface area contributed by atoms with Gasteiger partial charge in [-0.1, -0.05) is 15.9 Å². The summed E-state index contributed by atoms with van der Waals surface area (Å²) >= 11 is 3.22. The minimum atomic E-state index is -0.0827. The van der Waals surface area contributed by atoms with Crippen LogP contribution in [0.1, 0.15) is 16.1 Å². The second-order valence-corrected chi connectivity index (χ2v) is 3.15. The normalized spacial score (nSPS) is 9.83. The lowest BCUT2D eigenvalue weighted by Crippen LogP contribution is -2.25. The number of hydrogen-bond donors (Lipinski definition) is 2. The summed E-state index contributed by atoms with van der Waals surface area (Å²) in [5.41, 5.74) is 1.40. The van der Waals surface area contributed by atoms with Gasteiger partial charge in [0.2, 0.25) is 0 Å². The number of aromatic nitrogens is 2. The molecule has 1 aromatic heterocycles. The predicted molar refractivity (Wildman–Crippen MR) is 49.5 cm³/mol. The van der Waals surface area contributed by atoms with Crippen molar-refractivity contribution in [3.8, 4) is 0 Å². The maximum absolute atomic E-state index is 11.3. The van der Waals surface area contributed by atoms with E-state index in [4.69, 9.17) is 0 Å². The van der Waals surface area contributed by atoms with Gasteiger partial charge in [-0.25, -0.2) is 0 Å². The number of hydrogen-bond acceptors (Lipinski definition) is 2. The predicted octanol–water partition coefficient (Wildman–Crippen LogP) is 0.843. The molecule has 1 aromatic rings. The van der Waals surface area contributed by atoms with Gasteiger partial charge >= 0.3 is 0 Å². The average Bonchev–Trinajstić information content (AvgIpc) is 2.47. The van der Waals surface area contributed by atoms with Gasteiger partial charge in [-0.05, 0) is 6.92 Å². The Kier molecular flexibility index (Phi) is 3.28. The van der Waals surface area contributed by atoms with Gasteiger partial charge in [-0.3, -0.25) is 9.89 Å². The van der Waals surface area contributed by atoms with Crippen LogP contribution in [0.2, 0.25) is 0 Å². The topological polar surface area (TPSA) is 57.8 Å². The van der Waals surface area contributed by atoms with Crippen LogP contribution in [0.5, 0.6) is 0 Å². The molecule has 0 aliphatic carbocycles. The fourth-order valence-electron chi connectivity index (χ4n) is 0.836. The van der Waals surface area contributed by atoms with Crippen LogP contribution in [-0.4, -0.2) is 28.0 Å². The molecule has 0 aromatic carbocycles. The van der Waals surface area contributed by atoms with Gasteiger partial charge in [-0.2, -0.15) is 5.10 Å². The summed E-state index contributed by atoms with van der Waals surface area (Å²) in [5.74, 6) is -0.0827. The Morgan fingerprint density at radius 3 is 3.08 bits per heavy atom. The number of rotatable bonds is 3. The van der Waals surface area contributed by atoms with Crippen LogP contribution < -0.4 is 5.32 Å². The van der Waals surface area contributed by atoms with Crippen molar-refractivity contribution in [2.45, 2.75) is 6.92 Å². The molecule has 1 amide bonds. The van der Waals surface area contributed by atoms with E-state index in [-0.39, 0.29) is 5.91 Å². The maximum Gasteiger partial charge on any atom is 0.254 e. The molecular formula is C7H10BrN3O. The Bertz CT molecular complexity index is 271. The van der Waals surface area contributed by atoms with E-state index in [0.29, 0.717) is 12.1 Å². The van der Waals surface area contributed by atoms with E-state index in [1.54, 1.807) is 0 Å². The second kappa shape index (κ2) is 4.25. The van der Waals surface area contributed by atoms with Crippen molar-refractivity contribution >= 4 is 21.8 Å². The zero-order chi connectivity index (χ0) is 8.97. The first-order valence-corrected chi connectivity index (χ1v) is 4.72. The van der Waals surface area contributed by atoms with E-state index in [9.17, 15) is 4.79 Å². The number of carbonyl (C=O) groups is 1. The molecule has 0 aliphatic rings. The highest BCUT2D eigenvalue weighted by Crippen LogP contribution is 2.01. The highest BCUT2D eigenvalue weighted by molar-refractivity contribution is 9.09. The van der Waals surface area contributed by atoms with Gasteiger partial charge in [0.05, 0.1) is 11.8 Å². The van der Waals surface area contributed by atoms with Crippen molar-refractivity contribution in [1.82, 2.24) is 15.5 Å². The Balaban J connectivity index is 2.59.